The fourth-order valence-electron chi connectivity index (χ4n) is 3.79. The number of thiazole rings is 1. The number of aromatic nitrogens is 1. The Kier molecular flexibility index (Phi) is 5.96. The first-order chi connectivity index (χ1) is 14.5. The molecule has 3 aromatic carbocycles. The predicted octanol–water partition coefficient (Wildman–Crippen LogP) is 6.50. The number of aryl methyl sites for hydroxylation is 1. The molecule has 0 aliphatic rings. The third-order valence-corrected chi connectivity index (χ3v) is 6.49. The molecule has 30 heavy (non-hydrogen) atoms. The number of carbonyl (C=O) groups excluding carboxylic acids is 1. The average molecular weight is 415 g/mol. The van der Waals surface area contributed by atoms with Gasteiger partial charge in [0, 0.05) is 17.0 Å². The maximum Gasteiger partial charge on any atom is 0.229 e. The molecule has 1 heterocycles. The van der Waals surface area contributed by atoms with Crippen LogP contribution < -0.4 is 5.32 Å². The highest BCUT2D eigenvalue weighted by Crippen LogP contribution is 2.27. The molecule has 1 amide bonds. The Morgan fingerprint density at radius 3 is 2.57 bits per heavy atom. The number of hydrogen-bond donors (Lipinski definition) is 1. The predicted molar refractivity (Wildman–Crippen MR) is 126 cm³/mol. The van der Waals surface area contributed by atoms with E-state index in [1.807, 2.05) is 25.1 Å². The zero-order valence-electron chi connectivity index (χ0n) is 17.6. The van der Waals surface area contributed by atoms with Crippen molar-refractivity contribution in [1.29, 1.82) is 0 Å². The minimum Gasteiger partial charge on any atom is -0.326 e. The fourth-order valence-corrected chi connectivity index (χ4v) is 4.88. The summed E-state index contributed by atoms with van der Waals surface area (Å²) in [6.07, 6.45) is 1.14. The number of para-hydroxylation sites is 1. The summed E-state index contributed by atoms with van der Waals surface area (Å²) < 4.78 is 0. The van der Waals surface area contributed by atoms with Gasteiger partial charge in [0.05, 0.1) is 17.1 Å². The maximum absolute atomic E-state index is 12.7. The smallest absolute Gasteiger partial charge is 0.229 e. The molecule has 0 aliphatic heterocycles. The van der Waals surface area contributed by atoms with E-state index < -0.39 is 0 Å². The quantitative estimate of drug-likeness (QED) is 0.391. The molecular formula is C26H26N2OS. The second-order valence-electron chi connectivity index (χ2n) is 7.90. The molecule has 0 unspecified atom stereocenters. The van der Waals surface area contributed by atoms with Crippen LogP contribution in [0.3, 0.4) is 0 Å². The fraction of sp³-hybridized carbons (Fsp3) is 0.231. The molecule has 152 valence electrons. The van der Waals surface area contributed by atoms with Gasteiger partial charge in [-0.15, -0.1) is 11.3 Å². The van der Waals surface area contributed by atoms with E-state index in [1.165, 1.54) is 16.3 Å². The minimum absolute atomic E-state index is 0.00607. The molecule has 0 atom stereocenters. The highest BCUT2D eigenvalue weighted by atomic mass is 32.1. The Labute approximate surface area is 181 Å². The largest absolute Gasteiger partial charge is 0.326 e. The Hall–Kier alpha value is -2.98. The van der Waals surface area contributed by atoms with Crippen LogP contribution in [0.25, 0.3) is 10.8 Å². The molecule has 4 rings (SSSR count). The lowest BCUT2D eigenvalue weighted by Gasteiger charge is -2.13. The summed E-state index contributed by atoms with van der Waals surface area (Å²) in [5, 5.41) is 6.64. The third-order valence-electron chi connectivity index (χ3n) is 5.34. The molecule has 1 aromatic heterocycles. The van der Waals surface area contributed by atoms with Crippen LogP contribution in [-0.4, -0.2) is 10.9 Å². The van der Waals surface area contributed by atoms with Crippen LogP contribution in [-0.2, 0) is 17.6 Å². The SMILES string of the molecule is Cc1nc(Cc2cccc3ccccc23)sc1CC(=O)Nc1ccccc1C(C)C. The van der Waals surface area contributed by atoms with Gasteiger partial charge in [-0.05, 0) is 40.8 Å². The van der Waals surface area contributed by atoms with Gasteiger partial charge < -0.3 is 5.32 Å². The molecule has 0 radical (unpaired) electrons. The first-order valence-electron chi connectivity index (χ1n) is 10.3. The molecule has 0 saturated carbocycles. The summed E-state index contributed by atoms with van der Waals surface area (Å²) >= 11 is 1.64. The molecule has 0 aliphatic carbocycles. The van der Waals surface area contributed by atoms with E-state index in [4.69, 9.17) is 4.98 Å². The van der Waals surface area contributed by atoms with E-state index in [0.717, 1.165) is 33.3 Å². The van der Waals surface area contributed by atoms with Gasteiger partial charge in [0.2, 0.25) is 5.91 Å². The van der Waals surface area contributed by atoms with Crippen LogP contribution in [0.5, 0.6) is 0 Å². The monoisotopic (exact) mass is 414 g/mol. The molecule has 4 aromatic rings. The minimum atomic E-state index is 0.00607. The van der Waals surface area contributed by atoms with Gasteiger partial charge in [0.25, 0.3) is 0 Å². The van der Waals surface area contributed by atoms with Crippen LogP contribution in [0.2, 0.25) is 0 Å². The molecule has 1 N–H and O–H groups in total. The van der Waals surface area contributed by atoms with E-state index in [2.05, 4.69) is 67.7 Å². The standard InChI is InChI=1S/C26H26N2OS/c1-17(2)21-12-6-7-14-23(21)28-25(29)16-24-18(3)27-26(30-24)15-20-11-8-10-19-9-4-5-13-22(19)20/h4-14,17H,15-16H2,1-3H3,(H,28,29). The summed E-state index contributed by atoms with van der Waals surface area (Å²) in [5.41, 5.74) is 4.27. The van der Waals surface area contributed by atoms with Crippen molar-refractivity contribution in [2.45, 2.75) is 39.5 Å². The van der Waals surface area contributed by atoms with Crippen LogP contribution in [0.15, 0.2) is 66.7 Å². The normalized spacial score (nSPS) is 11.2. The van der Waals surface area contributed by atoms with Gasteiger partial charge in [-0.25, -0.2) is 4.98 Å². The van der Waals surface area contributed by atoms with Crippen LogP contribution in [0.4, 0.5) is 5.69 Å². The number of rotatable bonds is 6. The van der Waals surface area contributed by atoms with Gasteiger partial charge in [-0.3, -0.25) is 4.79 Å². The Bertz CT molecular complexity index is 1190. The summed E-state index contributed by atoms with van der Waals surface area (Å²) in [6, 6.07) is 22.8. The molecule has 3 nitrogen and oxygen atoms in total. The zero-order chi connectivity index (χ0) is 21.1. The number of nitrogens with one attached hydrogen (secondary N) is 1. The van der Waals surface area contributed by atoms with Crippen LogP contribution >= 0.6 is 11.3 Å². The van der Waals surface area contributed by atoms with Crippen molar-refractivity contribution in [3.63, 3.8) is 0 Å². The van der Waals surface area contributed by atoms with Crippen molar-refractivity contribution in [1.82, 2.24) is 4.98 Å². The lowest BCUT2D eigenvalue weighted by molar-refractivity contribution is -0.115. The summed E-state index contributed by atoms with van der Waals surface area (Å²) in [4.78, 5) is 18.5. The summed E-state index contributed by atoms with van der Waals surface area (Å²) in [5.74, 6) is 0.366. The van der Waals surface area contributed by atoms with Crippen molar-refractivity contribution < 1.29 is 4.79 Å². The van der Waals surface area contributed by atoms with Gasteiger partial charge in [-0.1, -0.05) is 74.5 Å². The molecule has 0 bridgehead atoms. The zero-order valence-corrected chi connectivity index (χ0v) is 18.4. The third kappa shape index (κ3) is 4.44. The van der Waals surface area contributed by atoms with Crippen molar-refractivity contribution in [2.24, 2.45) is 0 Å². The Morgan fingerprint density at radius 2 is 1.73 bits per heavy atom. The van der Waals surface area contributed by atoms with Gasteiger partial charge >= 0.3 is 0 Å². The van der Waals surface area contributed by atoms with E-state index in [-0.39, 0.29) is 5.91 Å². The Morgan fingerprint density at radius 1 is 1.00 bits per heavy atom. The first-order valence-corrected chi connectivity index (χ1v) is 11.1. The number of carbonyl (C=O) groups is 1. The number of nitrogens with zero attached hydrogens (tertiary/aromatic N) is 1. The highest BCUT2D eigenvalue weighted by Gasteiger charge is 2.15. The van der Waals surface area contributed by atoms with Crippen molar-refractivity contribution in [2.75, 3.05) is 5.32 Å². The summed E-state index contributed by atoms with van der Waals surface area (Å²) in [7, 11) is 0. The van der Waals surface area contributed by atoms with Crippen molar-refractivity contribution in [3.8, 4) is 0 Å². The average Bonchev–Trinajstić information content (AvgIpc) is 3.07. The van der Waals surface area contributed by atoms with E-state index in [1.54, 1.807) is 11.3 Å². The first kappa shape index (κ1) is 20.3. The number of benzene rings is 3. The van der Waals surface area contributed by atoms with Crippen molar-refractivity contribution in [3.05, 3.63) is 93.4 Å². The van der Waals surface area contributed by atoms with Crippen LogP contribution in [0.1, 0.15) is 46.5 Å². The topological polar surface area (TPSA) is 42.0 Å². The Balaban J connectivity index is 1.50. The summed E-state index contributed by atoms with van der Waals surface area (Å²) in [6.45, 7) is 6.27. The second-order valence-corrected chi connectivity index (χ2v) is 9.07. The molecule has 0 saturated heterocycles. The number of fused-ring (bicyclic) bond motifs is 1. The molecule has 4 heteroatoms. The van der Waals surface area contributed by atoms with Gasteiger partial charge in [0.1, 0.15) is 0 Å². The molecule has 0 spiro atoms. The molecule has 0 fully saturated rings. The van der Waals surface area contributed by atoms with E-state index in [9.17, 15) is 4.79 Å². The lowest BCUT2D eigenvalue weighted by atomic mass is 10.0. The van der Waals surface area contributed by atoms with Crippen molar-refractivity contribution >= 4 is 33.7 Å². The second kappa shape index (κ2) is 8.80. The van der Waals surface area contributed by atoms with Gasteiger partial charge in [0.15, 0.2) is 0 Å². The van der Waals surface area contributed by atoms with Crippen LogP contribution in [0, 0.1) is 6.92 Å². The number of hydrogen-bond acceptors (Lipinski definition) is 3. The number of anilines is 1. The van der Waals surface area contributed by atoms with E-state index >= 15 is 0 Å². The molecular weight excluding hydrogens is 388 g/mol. The number of amides is 1. The highest BCUT2D eigenvalue weighted by molar-refractivity contribution is 7.11. The lowest BCUT2D eigenvalue weighted by Crippen LogP contribution is -2.15. The van der Waals surface area contributed by atoms with Gasteiger partial charge in [-0.2, -0.15) is 0 Å². The van der Waals surface area contributed by atoms with E-state index in [0.29, 0.717) is 12.3 Å². The maximum atomic E-state index is 12.7.